The van der Waals surface area contributed by atoms with Gasteiger partial charge in [0.05, 0.1) is 23.3 Å². The number of non-ortho nitro benzene ring substituents is 1. The standard InChI is InChI=1S/C17H15F2N3O4/c1-25-16-8-11(2-5-15(16)26-17(18)19)6-7-21-14-4-3-13(22(23)24)9-12(14)10-20/h2-5,8-9,17,21H,6-7H2,1H3. The van der Waals surface area contributed by atoms with E-state index in [0.29, 0.717) is 18.7 Å². The van der Waals surface area contributed by atoms with Gasteiger partial charge in [-0.15, -0.1) is 0 Å². The van der Waals surface area contributed by atoms with E-state index in [9.17, 15) is 18.9 Å². The molecule has 0 bridgehead atoms. The molecule has 0 saturated carbocycles. The summed E-state index contributed by atoms with van der Waals surface area (Å²) < 4.78 is 34.0. The molecule has 9 heteroatoms. The summed E-state index contributed by atoms with van der Waals surface area (Å²) >= 11 is 0. The van der Waals surface area contributed by atoms with Gasteiger partial charge in [-0.05, 0) is 30.2 Å². The van der Waals surface area contributed by atoms with Crippen molar-refractivity contribution in [1.29, 1.82) is 5.26 Å². The first-order chi connectivity index (χ1) is 12.4. The van der Waals surface area contributed by atoms with Crippen molar-refractivity contribution >= 4 is 11.4 Å². The monoisotopic (exact) mass is 363 g/mol. The minimum atomic E-state index is -2.94. The molecule has 1 N–H and O–H groups in total. The Kier molecular flexibility index (Phi) is 6.27. The molecule has 136 valence electrons. The largest absolute Gasteiger partial charge is 0.493 e. The number of hydrogen-bond donors (Lipinski definition) is 1. The summed E-state index contributed by atoms with van der Waals surface area (Å²) in [5, 5.41) is 22.9. The second-order valence-electron chi connectivity index (χ2n) is 5.14. The smallest absolute Gasteiger partial charge is 0.387 e. The molecule has 0 aromatic heterocycles. The fourth-order valence-electron chi connectivity index (χ4n) is 2.29. The number of ether oxygens (including phenoxy) is 2. The minimum Gasteiger partial charge on any atom is -0.493 e. The lowest BCUT2D eigenvalue weighted by Gasteiger charge is -2.12. The number of methoxy groups -OCH3 is 1. The van der Waals surface area contributed by atoms with Crippen LogP contribution in [0.2, 0.25) is 0 Å². The molecule has 0 aliphatic carbocycles. The summed E-state index contributed by atoms with van der Waals surface area (Å²) in [6, 6.07) is 10.5. The van der Waals surface area contributed by atoms with Crippen molar-refractivity contribution in [2.24, 2.45) is 0 Å². The number of nitro benzene ring substituents is 1. The molecule has 0 amide bonds. The lowest BCUT2D eigenvalue weighted by Crippen LogP contribution is -2.07. The van der Waals surface area contributed by atoms with Crippen molar-refractivity contribution in [3.8, 4) is 17.6 Å². The third-order valence-corrected chi connectivity index (χ3v) is 3.51. The van der Waals surface area contributed by atoms with Gasteiger partial charge < -0.3 is 14.8 Å². The van der Waals surface area contributed by atoms with Gasteiger partial charge in [0.2, 0.25) is 0 Å². The summed E-state index contributed by atoms with van der Waals surface area (Å²) in [6.45, 7) is -2.52. The summed E-state index contributed by atoms with van der Waals surface area (Å²) in [7, 11) is 1.35. The maximum atomic E-state index is 12.3. The van der Waals surface area contributed by atoms with Gasteiger partial charge in [0.15, 0.2) is 11.5 Å². The highest BCUT2D eigenvalue weighted by atomic mass is 19.3. The molecule has 0 unspecified atom stereocenters. The van der Waals surface area contributed by atoms with Crippen LogP contribution in [0, 0.1) is 21.4 Å². The molecule has 0 atom stereocenters. The zero-order valence-electron chi connectivity index (χ0n) is 13.7. The molecular formula is C17H15F2N3O4. The Morgan fingerprint density at radius 2 is 2.04 bits per heavy atom. The van der Waals surface area contributed by atoms with Crippen LogP contribution in [-0.4, -0.2) is 25.2 Å². The van der Waals surface area contributed by atoms with E-state index in [1.165, 1.54) is 31.4 Å². The van der Waals surface area contributed by atoms with Crippen LogP contribution in [0.1, 0.15) is 11.1 Å². The molecule has 0 spiro atoms. The van der Waals surface area contributed by atoms with Crippen LogP contribution in [0.3, 0.4) is 0 Å². The number of halogens is 2. The molecule has 0 aliphatic rings. The number of benzene rings is 2. The number of nitro groups is 1. The summed E-state index contributed by atoms with van der Waals surface area (Å²) in [5.74, 6) is 0.136. The zero-order chi connectivity index (χ0) is 19.1. The third kappa shape index (κ3) is 4.80. The van der Waals surface area contributed by atoms with Crippen LogP contribution in [0.25, 0.3) is 0 Å². The number of alkyl halides is 2. The van der Waals surface area contributed by atoms with E-state index in [2.05, 4.69) is 10.1 Å². The summed E-state index contributed by atoms with van der Waals surface area (Å²) in [5.41, 5.74) is 1.28. The molecule has 0 fully saturated rings. The van der Waals surface area contributed by atoms with Crippen LogP contribution < -0.4 is 14.8 Å². The Morgan fingerprint density at radius 1 is 1.27 bits per heavy atom. The number of hydrogen-bond acceptors (Lipinski definition) is 6. The average molecular weight is 363 g/mol. The predicted octanol–water partition coefficient (Wildman–Crippen LogP) is 3.73. The van der Waals surface area contributed by atoms with E-state index < -0.39 is 11.5 Å². The quantitative estimate of drug-likeness (QED) is 0.567. The van der Waals surface area contributed by atoms with E-state index in [0.717, 1.165) is 5.56 Å². The van der Waals surface area contributed by atoms with Crippen LogP contribution in [0.4, 0.5) is 20.2 Å². The first kappa shape index (κ1) is 18.9. The topological polar surface area (TPSA) is 97.4 Å². The lowest BCUT2D eigenvalue weighted by atomic mass is 10.1. The number of nitriles is 1. The molecule has 0 saturated heterocycles. The van der Waals surface area contributed by atoms with E-state index in [1.807, 2.05) is 6.07 Å². The second-order valence-corrected chi connectivity index (χ2v) is 5.14. The molecule has 7 nitrogen and oxygen atoms in total. The van der Waals surface area contributed by atoms with Gasteiger partial charge in [-0.3, -0.25) is 10.1 Å². The lowest BCUT2D eigenvalue weighted by molar-refractivity contribution is -0.384. The van der Waals surface area contributed by atoms with Gasteiger partial charge in [0.25, 0.3) is 5.69 Å². The van der Waals surface area contributed by atoms with Crippen molar-refractivity contribution in [2.75, 3.05) is 19.0 Å². The molecule has 26 heavy (non-hydrogen) atoms. The number of nitrogens with one attached hydrogen (secondary N) is 1. The Bertz CT molecular complexity index is 837. The van der Waals surface area contributed by atoms with Crippen molar-refractivity contribution in [3.05, 3.63) is 57.6 Å². The Morgan fingerprint density at radius 3 is 2.65 bits per heavy atom. The number of nitrogens with zero attached hydrogens (tertiary/aromatic N) is 2. The van der Waals surface area contributed by atoms with Crippen LogP contribution in [0.5, 0.6) is 11.5 Å². The Labute approximate surface area is 147 Å². The Balaban J connectivity index is 2.04. The molecule has 2 rings (SSSR count). The van der Waals surface area contributed by atoms with Gasteiger partial charge in [-0.1, -0.05) is 6.07 Å². The highest BCUT2D eigenvalue weighted by Gasteiger charge is 2.12. The fraction of sp³-hybridized carbons (Fsp3) is 0.235. The number of rotatable bonds is 8. The van der Waals surface area contributed by atoms with Gasteiger partial charge in [-0.2, -0.15) is 14.0 Å². The predicted molar refractivity (Wildman–Crippen MR) is 89.6 cm³/mol. The highest BCUT2D eigenvalue weighted by Crippen LogP contribution is 2.29. The van der Waals surface area contributed by atoms with Crippen molar-refractivity contribution in [3.63, 3.8) is 0 Å². The van der Waals surface area contributed by atoms with E-state index in [1.54, 1.807) is 12.1 Å². The first-order valence-corrected chi connectivity index (χ1v) is 7.48. The fourth-order valence-corrected chi connectivity index (χ4v) is 2.29. The van der Waals surface area contributed by atoms with Crippen LogP contribution in [-0.2, 0) is 6.42 Å². The second kappa shape index (κ2) is 8.62. The summed E-state index contributed by atoms with van der Waals surface area (Å²) in [4.78, 5) is 10.2. The zero-order valence-corrected chi connectivity index (χ0v) is 13.7. The van der Waals surface area contributed by atoms with E-state index >= 15 is 0 Å². The maximum absolute atomic E-state index is 12.3. The van der Waals surface area contributed by atoms with Crippen molar-refractivity contribution < 1.29 is 23.2 Å². The highest BCUT2D eigenvalue weighted by molar-refractivity contribution is 5.61. The van der Waals surface area contributed by atoms with Crippen molar-refractivity contribution in [2.45, 2.75) is 13.0 Å². The molecule has 0 aliphatic heterocycles. The normalized spacial score (nSPS) is 10.3. The van der Waals surface area contributed by atoms with Crippen LogP contribution in [0.15, 0.2) is 36.4 Å². The third-order valence-electron chi connectivity index (χ3n) is 3.51. The first-order valence-electron chi connectivity index (χ1n) is 7.48. The van der Waals surface area contributed by atoms with Gasteiger partial charge in [0, 0.05) is 18.7 Å². The van der Waals surface area contributed by atoms with E-state index in [4.69, 9.17) is 10.00 Å². The summed E-state index contributed by atoms with van der Waals surface area (Å²) in [6.07, 6.45) is 0.507. The molecule has 2 aromatic carbocycles. The Hall–Kier alpha value is -3.41. The van der Waals surface area contributed by atoms with Gasteiger partial charge >= 0.3 is 6.61 Å². The average Bonchev–Trinajstić information content (AvgIpc) is 2.62. The maximum Gasteiger partial charge on any atom is 0.387 e. The molecule has 0 radical (unpaired) electrons. The van der Waals surface area contributed by atoms with Gasteiger partial charge in [0.1, 0.15) is 6.07 Å². The SMILES string of the molecule is COc1cc(CCNc2ccc([N+](=O)[O-])cc2C#N)ccc1OC(F)F. The van der Waals surface area contributed by atoms with Gasteiger partial charge in [-0.25, -0.2) is 0 Å². The van der Waals surface area contributed by atoms with E-state index in [-0.39, 0.29) is 22.7 Å². The molecule has 0 heterocycles. The molecular weight excluding hydrogens is 348 g/mol. The van der Waals surface area contributed by atoms with Crippen molar-refractivity contribution in [1.82, 2.24) is 0 Å². The minimum absolute atomic E-state index is 0.0543. The molecule has 2 aromatic rings. The number of anilines is 1. The van der Waals surface area contributed by atoms with Crippen LogP contribution >= 0.6 is 0 Å².